The lowest BCUT2D eigenvalue weighted by atomic mass is 10.0. The van der Waals surface area contributed by atoms with Crippen LogP contribution in [0.4, 0.5) is 0 Å². The fraction of sp³-hybridized carbons (Fsp3) is 0.333. The van der Waals surface area contributed by atoms with E-state index in [2.05, 4.69) is 0 Å². The molecule has 0 aliphatic heterocycles. The molecule has 112 valence electrons. The van der Waals surface area contributed by atoms with E-state index in [1.165, 1.54) is 5.56 Å². The monoisotopic (exact) mass is 286 g/mol. The maximum Gasteiger partial charge on any atom is 0.119 e. The summed E-state index contributed by atoms with van der Waals surface area (Å²) >= 11 is 0. The van der Waals surface area contributed by atoms with Gasteiger partial charge < -0.3 is 14.6 Å². The molecule has 3 nitrogen and oxygen atoms in total. The summed E-state index contributed by atoms with van der Waals surface area (Å²) in [6, 6.07) is 15.6. The van der Waals surface area contributed by atoms with Crippen LogP contribution >= 0.6 is 0 Å². The van der Waals surface area contributed by atoms with Gasteiger partial charge in [0.15, 0.2) is 0 Å². The summed E-state index contributed by atoms with van der Waals surface area (Å²) in [6.07, 6.45) is 1.03. The van der Waals surface area contributed by atoms with Crippen molar-refractivity contribution in [2.45, 2.75) is 25.9 Å². The van der Waals surface area contributed by atoms with Gasteiger partial charge >= 0.3 is 0 Å². The summed E-state index contributed by atoms with van der Waals surface area (Å²) in [7, 11) is 1.66. The van der Waals surface area contributed by atoms with Crippen molar-refractivity contribution in [3.8, 4) is 11.5 Å². The van der Waals surface area contributed by atoms with Gasteiger partial charge in [-0.3, -0.25) is 0 Å². The number of aliphatic hydroxyl groups excluding tert-OH is 1. The van der Waals surface area contributed by atoms with Crippen LogP contribution in [0.5, 0.6) is 11.5 Å². The molecule has 0 aromatic heterocycles. The van der Waals surface area contributed by atoms with Crippen LogP contribution in [-0.4, -0.2) is 18.8 Å². The van der Waals surface area contributed by atoms with Gasteiger partial charge in [-0.05, 0) is 55.2 Å². The van der Waals surface area contributed by atoms with Crippen LogP contribution in [0.25, 0.3) is 0 Å². The van der Waals surface area contributed by atoms with Crippen LogP contribution in [0.1, 0.15) is 30.6 Å². The number of hydrogen-bond acceptors (Lipinski definition) is 3. The van der Waals surface area contributed by atoms with Gasteiger partial charge in [-0.15, -0.1) is 0 Å². The molecule has 2 aromatic rings. The highest BCUT2D eigenvalue weighted by molar-refractivity contribution is 5.30. The zero-order valence-electron chi connectivity index (χ0n) is 12.6. The van der Waals surface area contributed by atoms with Gasteiger partial charge in [0.25, 0.3) is 0 Å². The Labute approximate surface area is 126 Å². The average Bonchev–Trinajstić information content (AvgIpc) is 2.53. The van der Waals surface area contributed by atoms with Gasteiger partial charge in [0.05, 0.1) is 19.8 Å². The number of hydrogen-bond donors (Lipinski definition) is 1. The van der Waals surface area contributed by atoms with Crippen molar-refractivity contribution in [2.24, 2.45) is 0 Å². The molecule has 0 bridgehead atoms. The Bertz CT molecular complexity index is 549. The molecular weight excluding hydrogens is 264 g/mol. The molecule has 0 heterocycles. The third-order valence-electron chi connectivity index (χ3n) is 3.42. The summed E-state index contributed by atoms with van der Waals surface area (Å²) in [6.45, 7) is 2.58. The lowest BCUT2D eigenvalue weighted by molar-refractivity contribution is 0.167. The normalized spacial score (nSPS) is 12.0. The Kier molecular flexibility index (Phi) is 5.64. The van der Waals surface area contributed by atoms with Crippen LogP contribution in [0, 0.1) is 0 Å². The first-order valence-electron chi connectivity index (χ1n) is 7.26. The number of benzene rings is 2. The lowest BCUT2D eigenvalue weighted by Gasteiger charge is -2.13. The quantitative estimate of drug-likeness (QED) is 0.842. The molecule has 0 saturated heterocycles. The molecule has 2 rings (SSSR count). The van der Waals surface area contributed by atoms with Gasteiger partial charge in [0, 0.05) is 0 Å². The topological polar surface area (TPSA) is 38.7 Å². The SMILES string of the molecule is CCOc1cccc(C(O)CCc2ccc(OC)cc2)c1. The number of methoxy groups -OCH3 is 1. The molecule has 0 fully saturated rings. The van der Waals surface area contributed by atoms with E-state index in [-0.39, 0.29) is 0 Å². The molecule has 0 radical (unpaired) electrons. The summed E-state index contributed by atoms with van der Waals surface area (Å²) in [4.78, 5) is 0. The first-order chi connectivity index (χ1) is 10.2. The Morgan fingerprint density at radius 1 is 1.05 bits per heavy atom. The zero-order valence-corrected chi connectivity index (χ0v) is 12.6. The van der Waals surface area contributed by atoms with Crippen molar-refractivity contribution in [2.75, 3.05) is 13.7 Å². The summed E-state index contributed by atoms with van der Waals surface area (Å²) in [5.41, 5.74) is 2.09. The van der Waals surface area contributed by atoms with E-state index >= 15 is 0 Å². The predicted molar refractivity (Wildman–Crippen MR) is 83.9 cm³/mol. The Balaban J connectivity index is 1.94. The molecule has 1 N–H and O–H groups in total. The van der Waals surface area contributed by atoms with Gasteiger partial charge in [-0.1, -0.05) is 24.3 Å². The molecule has 2 aromatic carbocycles. The number of aryl methyl sites for hydroxylation is 1. The predicted octanol–water partition coefficient (Wildman–Crippen LogP) is 3.76. The van der Waals surface area contributed by atoms with Gasteiger partial charge in [0.2, 0.25) is 0 Å². The lowest BCUT2D eigenvalue weighted by Crippen LogP contribution is -2.01. The molecule has 3 heteroatoms. The maximum absolute atomic E-state index is 10.3. The molecule has 1 unspecified atom stereocenters. The fourth-order valence-corrected chi connectivity index (χ4v) is 2.24. The first kappa shape index (κ1) is 15.4. The Hall–Kier alpha value is -2.00. The van der Waals surface area contributed by atoms with Crippen molar-refractivity contribution in [1.82, 2.24) is 0 Å². The molecule has 0 amide bonds. The number of aliphatic hydroxyl groups is 1. The molecule has 0 saturated carbocycles. The van der Waals surface area contributed by atoms with Crippen molar-refractivity contribution < 1.29 is 14.6 Å². The minimum Gasteiger partial charge on any atom is -0.497 e. The van der Waals surface area contributed by atoms with E-state index in [1.807, 2.05) is 55.5 Å². The molecule has 1 atom stereocenters. The molecule has 0 aliphatic rings. The Morgan fingerprint density at radius 3 is 2.48 bits per heavy atom. The van der Waals surface area contributed by atoms with E-state index in [1.54, 1.807) is 7.11 Å². The van der Waals surface area contributed by atoms with E-state index in [0.29, 0.717) is 13.0 Å². The second kappa shape index (κ2) is 7.70. The van der Waals surface area contributed by atoms with Crippen LogP contribution in [0.2, 0.25) is 0 Å². The summed E-state index contributed by atoms with van der Waals surface area (Å²) in [5.74, 6) is 1.65. The molecule has 21 heavy (non-hydrogen) atoms. The average molecular weight is 286 g/mol. The van der Waals surface area contributed by atoms with Crippen LogP contribution < -0.4 is 9.47 Å². The smallest absolute Gasteiger partial charge is 0.119 e. The highest BCUT2D eigenvalue weighted by Gasteiger charge is 2.09. The maximum atomic E-state index is 10.3. The number of ether oxygens (including phenoxy) is 2. The first-order valence-corrected chi connectivity index (χ1v) is 7.26. The van der Waals surface area contributed by atoms with Crippen molar-refractivity contribution in [3.05, 3.63) is 59.7 Å². The van der Waals surface area contributed by atoms with E-state index in [9.17, 15) is 5.11 Å². The standard InChI is InChI=1S/C18H22O3/c1-3-21-17-6-4-5-15(13-17)18(19)12-9-14-7-10-16(20-2)11-8-14/h4-8,10-11,13,18-19H,3,9,12H2,1-2H3. The molecular formula is C18H22O3. The number of rotatable bonds is 7. The minimum atomic E-state index is -0.479. The second-order valence-corrected chi connectivity index (χ2v) is 4.91. The van der Waals surface area contributed by atoms with Crippen LogP contribution in [-0.2, 0) is 6.42 Å². The van der Waals surface area contributed by atoms with E-state index in [4.69, 9.17) is 9.47 Å². The summed E-state index contributed by atoms with van der Waals surface area (Å²) < 4.78 is 10.6. The largest absolute Gasteiger partial charge is 0.497 e. The van der Waals surface area contributed by atoms with Gasteiger partial charge in [-0.2, -0.15) is 0 Å². The third-order valence-corrected chi connectivity index (χ3v) is 3.42. The Morgan fingerprint density at radius 2 is 1.81 bits per heavy atom. The van der Waals surface area contributed by atoms with Gasteiger partial charge in [0.1, 0.15) is 11.5 Å². The van der Waals surface area contributed by atoms with Crippen molar-refractivity contribution in [3.63, 3.8) is 0 Å². The highest BCUT2D eigenvalue weighted by atomic mass is 16.5. The fourth-order valence-electron chi connectivity index (χ4n) is 2.24. The van der Waals surface area contributed by atoms with Gasteiger partial charge in [-0.25, -0.2) is 0 Å². The van der Waals surface area contributed by atoms with E-state index in [0.717, 1.165) is 23.5 Å². The minimum absolute atomic E-state index is 0.479. The zero-order chi connectivity index (χ0) is 15.1. The van der Waals surface area contributed by atoms with Crippen LogP contribution in [0.3, 0.4) is 0 Å². The molecule has 0 aliphatic carbocycles. The highest BCUT2D eigenvalue weighted by Crippen LogP contribution is 2.23. The van der Waals surface area contributed by atoms with Crippen molar-refractivity contribution >= 4 is 0 Å². The summed E-state index contributed by atoms with van der Waals surface area (Å²) in [5, 5.41) is 10.3. The van der Waals surface area contributed by atoms with E-state index < -0.39 is 6.10 Å². The molecule has 0 spiro atoms. The third kappa shape index (κ3) is 4.50. The second-order valence-electron chi connectivity index (χ2n) is 4.91. The van der Waals surface area contributed by atoms with Crippen molar-refractivity contribution in [1.29, 1.82) is 0 Å². The van der Waals surface area contributed by atoms with Crippen LogP contribution in [0.15, 0.2) is 48.5 Å².